The maximum Gasteiger partial charge on any atom is 0.122 e. The largest absolute Gasteiger partial charge is 0.494 e. The zero-order valence-corrected chi connectivity index (χ0v) is 12.6. The molecule has 0 fully saturated rings. The van der Waals surface area contributed by atoms with Crippen LogP contribution >= 0.6 is 0 Å². The van der Waals surface area contributed by atoms with Gasteiger partial charge in [-0.15, -0.1) is 0 Å². The molecule has 0 unspecified atom stereocenters. The molecule has 0 aromatic heterocycles. The van der Waals surface area contributed by atoms with Gasteiger partial charge in [-0.05, 0) is 64.3 Å². The van der Waals surface area contributed by atoms with E-state index in [0.717, 1.165) is 25.1 Å². The molecule has 0 aliphatic rings. The summed E-state index contributed by atoms with van der Waals surface area (Å²) in [4.78, 5) is 0. The molecule has 0 amide bonds. The van der Waals surface area contributed by atoms with E-state index in [9.17, 15) is 0 Å². The third kappa shape index (κ3) is 5.62. The van der Waals surface area contributed by atoms with E-state index >= 15 is 0 Å². The average Bonchev–Trinajstić information content (AvgIpc) is 2.32. The van der Waals surface area contributed by atoms with Crippen LogP contribution in [0.5, 0.6) is 5.75 Å². The minimum Gasteiger partial charge on any atom is -0.494 e. The fourth-order valence-corrected chi connectivity index (χ4v) is 2.10. The molecule has 2 N–H and O–H groups in total. The predicted molar refractivity (Wildman–Crippen MR) is 79.8 cm³/mol. The summed E-state index contributed by atoms with van der Waals surface area (Å²) in [5.41, 5.74) is 2.50. The number of hydrogen-bond donors (Lipinski definition) is 2. The Morgan fingerprint density at radius 2 is 2.05 bits per heavy atom. The molecular weight excluding hydrogens is 238 g/mol. The zero-order valence-electron chi connectivity index (χ0n) is 12.6. The first-order chi connectivity index (χ1) is 8.98. The van der Waals surface area contributed by atoms with Crippen LogP contribution in [0.2, 0.25) is 0 Å². The second-order valence-corrected chi connectivity index (χ2v) is 5.57. The SMILES string of the molecule is CCOc1ccc(CCNC(C)(C)CCO)cc1C. The summed E-state index contributed by atoms with van der Waals surface area (Å²) in [7, 11) is 0. The Morgan fingerprint density at radius 1 is 1.32 bits per heavy atom. The molecule has 1 aromatic rings. The molecule has 19 heavy (non-hydrogen) atoms. The topological polar surface area (TPSA) is 41.5 Å². The number of aliphatic hydroxyl groups is 1. The van der Waals surface area contributed by atoms with Crippen LogP contribution in [0.25, 0.3) is 0 Å². The Balaban J connectivity index is 2.48. The molecule has 0 bridgehead atoms. The van der Waals surface area contributed by atoms with E-state index in [-0.39, 0.29) is 12.1 Å². The van der Waals surface area contributed by atoms with Gasteiger partial charge in [0, 0.05) is 12.1 Å². The molecule has 3 heteroatoms. The molecule has 108 valence electrons. The first-order valence-electron chi connectivity index (χ1n) is 7.06. The fraction of sp³-hybridized carbons (Fsp3) is 0.625. The van der Waals surface area contributed by atoms with Crippen molar-refractivity contribution in [3.8, 4) is 5.75 Å². The first-order valence-corrected chi connectivity index (χ1v) is 7.06. The van der Waals surface area contributed by atoms with Crippen LogP contribution in [0.1, 0.15) is 38.3 Å². The lowest BCUT2D eigenvalue weighted by atomic mass is 10.0. The molecule has 0 saturated carbocycles. The van der Waals surface area contributed by atoms with Gasteiger partial charge < -0.3 is 15.2 Å². The Morgan fingerprint density at radius 3 is 2.63 bits per heavy atom. The highest BCUT2D eigenvalue weighted by Gasteiger charge is 2.15. The van der Waals surface area contributed by atoms with E-state index in [1.54, 1.807) is 0 Å². The monoisotopic (exact) mass is 265 g/mol. The standard InChI is InChI=1S/C16H27NO2/c1-5-19-15-7-6-14(12-13(15)2)8-10-17-16(3,4)9-11-18/h6-7,12,17-18H,5,8-11H2,1-4H3. The van der Waals surface area contributed by atoms with Crippen molar-refractivity contribution < 1.29 is 9.84 Å². The summed E-state index contributed by atoms with van der Waals surface area (Å²) in [6.07, 6.45) is 1.76. The van der Waals surface area contributed by atoms with Gasteiger partial charge in [-0.3, -0.25) is 0 Å². The summed E-state index contributed by atoms with van der Waals surface area (Å²) >= 11 is 0. The summed E-state index contributed by atoms with van der Waals surface area (Å²) in [6, 6.07) is 6.36. The van der Waals surface area contributed by atoms with Crippen molar-refractivity contribution in [1.82, 2.24) is 5.32 Å². The number of aliphatic hydroxyl groups excluding tert-OH is 1. The molecule has 0 atom stereocenters. The minimum atomic E-state index is -0.00490. The normalized spacial score (nSPS) is 11.6. The Labute approximate surface area is 117 Å². The number of hydrogen-bond acceptors (Lipinski definition) is 3. The van der Waals surface area contributed by atoms with Crippen molar-refractivity contribution >= 4 is 0 Å². The van der Waals surface area contributed by atoms with E-state index in [1.165, 1.54) is 11.1 Å². The molecule has 0 aliphatic heterocycles. The predicted octanol–water partition coefficient (Wildman–Crippen LogP) is 2.69. The lowest BCUT2D eigenvalue weighted by Gasteiger charge is -2.25. The van der Waals surface area contributed by atoms with E-state index in [1.807, 2.05) is 13.0 Å². The molecule has 1 rings (SSSR count). The Kier molecular flexibility index (Phi) is 6.32. The van der Waals surface area contributed by atoms with Crippen LogP contribution < -0.4 is 10.1 Å². The average molecular weight is 265 g/mol. The molecule has 3 nitrogen and oxygen atoms in total. The third-order valence-electron chi connectivity index (χ3n) is 3.29. The zero-order chi connectivity index (χ0) is 14.3. The molecule has 0 radical (unpaired) electrons. The lowest BCUT2D eigenvalue weighted by Crippen LogP contribution is -2.41. The van der Waals surface area contributed by atoms with Crippen molar-refractivity contribution in [3.63, 3.8) is 0 Å². The second-order valence-electron chi connectivity index (χ2n) is 5.57. The minimum absolute atomic E-state index is 0.00490. The Hall–Kier alpha value is -1.06. The first kappa shape index (κ1) is 16.0. The maximum absolute atomic E-state index is 8.98. The van der Waals surface area contributed by atoms with Gasteiger partial charge >= 0.3 is 0 Å². The maximum atomic E-state index is 8.98. The van der Waals surface area contributed by atoms with Crippen LogP contribution in [0.4, 0.5) is 0 Å². The molecule has 0 spiro atoms. The van der Waals surface area contributed by atoms with Crippen molar-refractivity contribution in [1.29, 1.82) is 0 Å². The van der Waals surface area contributed by atoms with Crippen LogP contribution in [0.15, 0.2) is 18.2 Å². The van der Waals surface area contributed by atoms with Crippen molar-refractivity contribution in [2.75, 3.05) is 19.8 Å². The summed E-state index contributed by atoms with van der Waals surface area (Å²) in [5, 5.41) is 12.5. The van der Waals surface area contributed by atoms with E-state index < -0.39 is 0 Å². The van der Waals surface area contributed by atoms with Gasteiger partial charge in [0.25, 0.3) is 0 Å². The van der Waals surface area contributed by atoms with Crippen molar-refractivity contribution in [3.05, 3.63) is 29.3 Å². The van der Waals surface area contributed by atoms with E-state index in [4.69, 9.17) is 9.84 Å². The van der Waals surface area contributed by atoms with Gasteiger partial charge in [0.1, 0.15) is 5.75 Å². The van der Waals surface area contributed by atoms with Crippen LogP contribution in [-0.2, 0) is 6.42 Å². The number of benzene rings is 1. The number of nitrogens with one attached hydrogen (secondary N) is 1. The van der Waals surface area contributed by atoms with Crippen LogP contribution in [0, 0.1) is 6.92 Å². The lowest BCUT2D eigenvalue weighted by molar-refractivity contribution is 0.231. The van der Waals surface area contributed by atoms with Gasteiger partial charge in [0.15, 0.2) is 0 Å². The molecule has 1 aromatic carbocycles. The third-order valence-corrected chi connectivity index (χ3v) is 3.29. The smallest absolute Gasteiger partial charge is 0.122 e. The summed E-state index contributed by atoms with van der Waals surface area (Å²) < 4.78 is 5.54. The van der Waals surface area contributed by atoms with Gasteiger partial charge in [0.05, 0.1) is 6.61 Å². The highest BCUT2D eigenvalue weighted by Crippen LogP contribution is 2.19. The highest BCUT2D eigenvalue weighted by atomic mass is 16.5. The van der Waals surface area contributed by atoms with Crippen LogP contribution in [-0.4, -0.2) is 30.4 Å². The van der Waals surface area contributed by atoms with E-state index in [0.29, 0.717) is 6.61 Å². The molecule has 0 heterocycles. The molecule has 0 aliphatic carbocycles. The van der Waals surface area contributed by atoms with E-state index in [2.05, 4.69) is 38.2 Å². The van der Waals surface area contributed by atoms with Crippen molar-refractivity contribution in [2.24, 2.45) is 0 Å². The Bertz CT molecular complexity index is 388. The molecular formula is C16H27NO2. The molecule has 0 saturated heterocycles. The number of rotatable bonds is 8. The second kappa shape index (κ2) is 7.51. The fourth-order valence-electron chi connectivity index (χ4n) is 2.10. The highest BCUT2D eigenvalue weighted by molar-refractivity contribution is 5.36. The quantitative estimate of drug-likeness (QED) is 0.759. The number of aryl methyl sites for hydroxylation is 1. The van der Waals surface area contributed by atoms with Crippen molar-refractivity contribution in [2.45, 2.75) is 46.1 Å². The van der Waals surface area contributed by atoms with Crippen LogP contribution in [0.3, 0.4) is 0 Å². The van der Waals surface area contributed by atoms with Gasteiger partial charge in [0.2, 0.25) is 0 Å². The van der Waals surface area contributed by atoms with Gasteiger partial charge in [-0.2, -0.15) is 0 Å². The number of ether oxygens (including phenoxy) is 1. The van der Waals surface area contributed by atoms with Gasteiger partial charge in [-0.25, -0.2) is 0 Å². The summed E-state index contributed by atoms with van der Waals surface area (Å²) in [5.74, 6) is 0.972. The van der Waals surface area contributed by atoms with Gasteiger partial charge in [-0.1, -0.05) is 12.1 Å². The summed E-state index contributed by atoms with van der Waals surface area (Å²) in [6.45, 7) is 10.2.